The largest absolute Gasteiger partial charge is 0.493 e. The molecule has 0 atom stereocenters. The van der Waals surface area contributed by atoms with Crippen LogP contribution in [0.1, 0.15) is 10.5 Å². The second kappa shape index (κ2) is 6.13. The first-order valence-corrected chi connectivity index (χ1v) is 6.74. The third kappa shape index (κ3) is 2.83. The molecular weight excluding hydrogens is 280 g/mol. The SMILES string of the molecule is COc1cn(-c2ccccc2)nc1C(=O)Oc1ccccc1. The zero-order valence-electron chi connectivity index (χ0n) is 12.0. The zero-order valence-corrected chi connectivity index (χ0v) is 12.0. The summed E-state index contributed by atoms with van der Waals surface area (Å²) in [6, 6.07) is 18.3. The Kier molecular flexibility index (Phi) is 3.87. The lowest BCUT2D eigenvalue weighted by atomic mass is 10.3. The third-order valence-electron chi connectivity index (χ3n) is 3.07. The number of hydrogen-bond acceptors (Lipinski definition) is 4. The van der Waals surface area contributed by atoms with Crippen molar-refractivity contribution < 1.29 is 14.3 Å². The third-order valence-corrected chi connectivity index (χ3v) is 3.07. The number of methoxy groups -OCH3 is 1. The quantitative estimate of drug-likeness (QED) is 0.548. The second-order valence-corrected chi connectivity index (χ2v) is 4.53. The van der Waals surface area contributed by atoms with Crippen LogP contribution in [-0.4, -0.2) is 22.9 Å². The van der Waals surface area contributed by atoms with E-state index in [4.69, 9.17) is 9.47 Å². The summed E-state index contributed by atoms with van der Waals surface area (Å²) in [5.41, 5.74) is 0.967. The summed E-state index contributed by atoms with van der Waals surface area (Å²) in [6.07, 6.45) is 1.65. The number of para-hydroxylation sites is 2. The van der Waals surface area contributed by atoms with Crippen molar-refractivity contribution in [2.75, 3.05) is 7.11 Å². The molecule has 0 bridgehead atoms. The van der Waals surface area contributed by atoms with Crippen molar-refractivity contribution in [3.05, 3.63) is 72.6 Å². The molecule has 0 aliphatic rings. The number of aromatic nitrogens is 2. The summed E-state index contributed by atoms with van der Waals surface area (Å²) in [6.45, 7) is 0. The maximum Gasteiger partial charge on any atom is 0.368 e. The van der Waals surface area contributed by atoms with Crippen molar-refractivity contribution in [1.82, 2.24) is 9.78 Å². The minimum absolute atomic E-state index is 0.134. The van der Waals surface area contributed by atoms with Crippen LogP contribution in [0.5, 0.6) is 11.5 Å². The van der Waals surface area contributed by atoms with Gasteiger partial charge in [-0.05, 0) is 24.3 Å². The average Bonchev–Trinajstić information content (AvgIpc) is 3.01. The molecule has 2 aromatic carbocycles. The summed E-state index contributed by atoms with van der Waals surface area (Å²) < 4.78 is 12.1. The Hall–Kier alpha value is -3.08. The summed E-state index contributed by atoms with van der Waals surface area (Å²) in [5.74, 6) is 0.270. The van der Waals surface area contributed by atoms with Gasteiger partial charge in [-0.15, -0.1) is 0 Å². The highest BCUT2D eigenvalue weighted by molar-refractivity contribution is 5.91. The molecule has 110 valence electrons. The molecule has 0 aliphatic carbocycles. The molecule has 1 heterocycles. The van der Waals surface area contributed by atoms with Gasteiger partial charge in [-0.2, -0.15) is 5.10 Å². The molecule has 22 heavy (non-hydrogen) atoms. The van der Waals surface area contributed by atoms with Crippen LogP contribution >= 0.6 is 0 Å². The Labute approximate surface area is 127 Å². The molecule has 3 rings (SSSR count). The van der Waals surface area contributed by atoms with Gasteiger partial charge in [0.05, 0.1) is 19.0 Å². The first-order chi connectivity index (χ1) is 10.8. The number of benzene rings is 2. The first-order valence-electron chi connectivity index (χ1n) is 6.74. The molecule has 5 heteroatoms. The number of hydrogen-bond donors (Lipinski definition) is 0. The number of carbonyl (C=O) groups is 1. The molecule has 0 amide bonds. The highest BCUT2D eigenvalue weighted by Gasteiger charge is 2.20. The molecule has 0 fully saturated rings. The Morgan fingerprint density at radius 1 is 1.00 bits per heavy atom. The molecule has 0 radical (unpaired) electrons. The van der Waals surface area contributed by atoms with Crippen molar-refractivity contribution in [3.63, 3.8) is 0 Å². The fourth-order valence-electron chi connectivity index (χ4n) is 2.01. The van der Waals surface area contributed by atoms with Crippen molar-refractivity contribution in [2.45, 2.75) is 0 Å². The summed E-state index contributed by atoms with van der Waals surface area (Å²) in [4.78, 5) is 12.3. The summed E-state index contributed by atoms with van der Waals surface area (Å²) >= 11 is 0. The monoisotopic (exact) mass is 294 g/mol. The van der Waals surface area contributed by atoms with Gasteiger partial charge in [0.1, 0.15) is 5.75 Å². The van der Waals surface area contributed by atoms with Gasteiger partial charge in [-0.3, -0.25) is 0 Å². The Bertz CT molecular complexity index is 767. The van der Waals surface area contributed by atoms with Gasteiger partial charge in [-0.1, -0.05) is 36.4 Å². The fraction of sp³-hybridized carbons (Fsp3) is 0.0588. The lowest BCUT2D eigenvalue weighted by Crippen LogP contribution is -2.11. The number of nitrogens with zero attached hydrogens (tertiary/aromatic N) is 2. The van der Waals surface area contributed by atoms with E-state index in [9.17, 15) is 4.79 Å². The van der Waals surface area contributed by atoms with E-state index < -0.39 is 5.97 Å². The van der Waals surface area contributed by atoms with Crippen LogP contribution in [-0.2, 0) is 0 Å². The Morgan fingerprint density at radius 2 is 1.64 bits per heavy atom. The van der Waals surface area contributed by atoms with Gasteiger partial charge in [0.15, 0.2) is 5.75 Å². The van der Waals surface area contributed by atoms with E-state index in [1.54, 1.807) is 35.1 Å². The van der Waals surface area contributed by atoms with Crippen molar-refractivity contribution in [1.29, 1.82) is 0 Å². The smallest absolute Gasteiger partial charge is 0.368 e. The standard InChI is InChI=1S/C17H14N2O3/c1-21-15-12-19(13-8-4-2-5-9-13)18-16(15)17(20)22-14-10-6-3-7-11-14/h2-12H,1H3. The van der Waals surface area contributed by atoms with Crippen LogP contribution in [0.2, 0.25) is 0 Å². The maximum absolute atomic E-state index is 12.3. The molecule has 5 nitrogen and oxygen atoms in total. The normalized spacial score (nSPS) is 10.2. The Morgan fingerprint density at radius 3 is 2.27 bits per heavy atom. The minimum Gasteiger partial charge on any atom is -0.493 e. The van der Waals surface area contributed by atoms with Gasteiger partial charge < -0.3 is 9.47 Å². The van der Waals surface area contributed by atoms with E-state index in [2.05, 4.69) is 5.10 Å². The highest BCUT2D eigenvalue weighted by atomic mass is 16.5. The topological polar surface area (TPSA) is 53.4 Å². The second-order valence-electron chi connectivity index (χ2n) is 4.53. The van der Waals surface area contributed by atoms with E-state index in [1.165, 1.54) is 7.11 Å². The van der Waals surface area contributed by atoms with E-state index >= 15 is 0 Å². The number of rotatable bonds is 4. The molecule has 0 saturated carbocycles. The van der Waals surface area contributed by atoms with E-state index in [0.29, 0.717) is 11.5 Å². The molecule has 3 aromatic rings. The number of carbonyl (C=O) groups excluding carboxylic acids is 1. The molecule has 0 unspecified atom stereocenters. The molecular formula is C17H14N2O3. The van der Waals surface area contributed by atoms with Gasteiger partial charge in [-0.25, -0.2) is 9.48 Å². The van der Waals surface area contributed by atoms with Gasteiger partial charge in [0.25, 0.3) is 0 Å². The van der Waals surface area contributed by atoms with Crippen LogP contribution in [0.15, 0.2) is 66.9 Å². The van der Waals surface area contributed by atoms with Gasteiger partial charge >= 0.3 is 5.97 Å². The fourth-order valence-corrected chi connectivity index (χ4v) is 2.01. The summed E-state index contributed by atoms with van der Waals surface area (Å²) in [5, 5.41) is 4.26. The molecule has 0 aliphatic heterocycles. The minimum atomic E-state index is -0.558. The average molecular weight is 294 g/mol. The van der Waals surface area contributed by atoms with Crippen molar-refractivity contribution in [2.24, 2.45) is 0 Å². The molecule has 0 saturated heterocycles. The van der Waals surface area contributed by atoms with Crippen LogP contribution in [0.4, 0.5) is 0 Å². The van der Waals surface area contributed by atoms with Crippen LogP contribution < -0.4 is 9.47 Å². The van der Waals surface area contributed by atoms with Crippen LogP contribution in [0, 0.1) is 0 Å². The lowest BCUT2D eigenvalue weighted by Gasteiger charge is -2.03. The maximum atomic E-state index is 12.3. The van der Waals surface area contributed by atoms with Gasteiger partial charge in [0, 0.05) is 0 Å². The summed E-state index contributed by atoms with van der Waals surface area (Å²) in [7, 11) is 1.49. The predicted molar refractivity (Wildman–Crippen MR) is 81.5 cm³/mol. The van der Waals surface area contributed by atoms with E-state index in [1.807, 2.05) is 36.4 Å². The lowest BCUT2D eigenvalue weighted by molar-refractivity contribution is 0.0724. The van der Waals surface area contributed by atoms with Gasteiger partial charge in [0.2, 0.25) is 5.69 Å². The number of ether oxygens (including phenoxy) is 2. The molecule has 1 aromatic heterocycles. The molecule has 0 N–H and O–H groups in total. The first kappa shape index (κ1) is 13.9. The predicted octanol–water partition coefficient (Wildman–Crippen LogP) is 3.10. The van der Waals surface area contributed by atoms with Crippen molar-refractivity contribution >= 4 is 5.97 Å². The van der Waals surface area contributed by atoms with E-state index in [0.717, 1.165) is 5.69 Å². The van der Waals surface area contributed by atoms with Crippen LogP contribution in [0.3, 0.4) is 0 Å². The zero-order chi connectivity index (χ0) is 15.4. The Balaban J connectivity index is 1.90. The molecule has 0 spiro atoms. The number of esters is 1. The van der Waals surface area contributed by atoms with Crippen molar-refractivity contribution in [3.8, 4) is 17.2 Å². The van der Waals surface area contributed by atoms with E-state index in [-0.39, 0.29) is 5.69 Å². The van der Waals surface area contributed by atoms with Crippen LogP contribution in [0.25, 0.3) is 5.69 Å². The highest BCUT2D eigenvalue weighted by Crippen LogP contribution is 2.21.